The summed E-state index contributed by atoms with van der Waals surface area (Å²) < 4.78 is 40.1. The van der Waals surface area contributed by atoms with Crippen molar-refractivity contribution in [2.45, 2.75) is 77.4 Å². The van der Waals surface area contributed by atoms with Gasteiger partial charge < -0.3 is 23.5 Å². The predicted octanol–water partition coefficient (Wildman–Crippen LogP) is 5.21. The summed E-state index contributed by atoms with van der Waals surface area (Å²) in [7, 11) is 0. The molecule has 0 amide bonds. The molecule has 5 atom stereocenters. The molecular weight excluding hydrogens is 517 g/mol. The quantitative estimate of drug-likeness (QED) is 0.280. The zero-order valence-electron chi connectivity index (χ0n) is 23.1. The minimum absolute atomic E-state index is 0.0919. The smallest absolute Gasteiger partial charge is 0.303 e. The van der Waals surface area contributed by atoms with E-state index in [4.69, 9.17) is 18.9 Å². The third-order valence-electron chi connectivity index (χ3n) is 7.66. The lowest BCUT2D eigenvalue weighted by Gasteiger charge is -2.44. The van der Waals surface area contributed by atoms with Gasteiger partial charge in [0.05, 0.1) is 5.52 Å². The normalized spacial score (nSPS) is 24.5. The topological polar surface area (TPSA) is 93.1 Å². The van der Waals surface area contributed by atoms with E-state index in [0.717, 1.165) is 11.1 Å². The molecule has 0 bridgehead atoms. The highest BCUT2D eigenvalue weighted by Gasteiger charge is 2.49. The lowest BCUT2D eigenvalue weighted by molar-refractivity contribution is -0.247. The summed E-state index contributed by atoms with van der Waals surface area (Å²) >= 11 is 0. The van der Waals surface area contributed by atoms with Crippen molar-refractivity contribution in [3.05, 3.63) is 71.2 Å². The van der Waals surface area contributed by atoms with Crippen molar-refractivity contribution in [1.82, 2.24) is 4.57 Å². The van der Waals surface area contributed by atoms with Gasteiger partial charge in [-0.3, -0.25) is 14.4 Å². The molecule has 5 rings (SSSR count). The molecule has 9 heteroatoms. The Morgan fingerprint density at radius 2 is 1.62 bits per heavy atom. The molecule has 1 saturated heterocycles. The third-order valence-corrected chi connectivity index (χ3v) is 7.66. The van der Waals surface area contributed by atoms with E-state index in [1.165, 1.54) is 45.2 Å². The largest absolute Gasteiger partial charge is 0.463 e. The molecule has 2 aliphatic rings. The number of nitrogens with zero attached hydrogens (tertiary/aromatic N) is 1. The van der Waals surface area contributed by atoms with Crippen LogP contribution in [0.1, 0.15) is 69.4 Å². The Hall–Kier alpha value is -3.72. The Morgan fingerprint density at radius 3 is 2.25 bits per heavy atom. The molecule has 8 nitrogen and oxygen atoms in total. The Morgan fingerprint density at radius 1 is 0.950 bits per heavy atom. The number of rotatable bonds is 8. The standard InChI is InChI=1S/C31H34FNO7/c1-17-27(16-37-18(2)34)40-31(30(39-20(4)36)29(17)38-19(3)35)33-15-24(28-25(32)6-5-7-26(28)33)14-21-8-10-22(11-9-21)23-12-13-23/h5-11,15,17,23,27,29-31H,12-14,16H2,1-4H3. The highest BCUT2D eigenvalue weighted by atomic mass is 19.1. The van der Waals surface area contributed by atoms with Gasteiger partial charge in [0.2, 0.25) is 0 Å². The number of carbonyl (C=O) groups is 3. The highest BCUT2D eigenvalue weighted by Crippen LogP contribution is 2.41. The van der Waals surface area contributed by atoms with Crippen molar-refractivity contribution in [3.63, 3.8) is 0 Å². The number of halogens is 1. The second-order valence-electron chi connectivity index (χ2n) is 10.8. The van der Waals surface area contributed by atoms with Crippen LogP contribution in [0.5, 0.6) is 0 Å². The van der Waals surface area contributed by atoms with Crippen LogP contribution in [0, 0.1) is 11.7 Å². The molecule has 3 aromatic rings. The Kier molecular flexibility index (Phi) is 7.94. The van der Waals surface area contributed by atoms with Gasteiger partial charge in [0, 0.05) is 38.3 Å². The van der Waals surface area contributed by atoms with E-state index in [2.05, 4.69) is 24.3 Å². The lowest BCUT2D eigenvalue weighted by atomic mass is 9.89. The van der Waals surface area contributed by atoms with E-state index in [9.17, 15) is 14.4 Å². The van der Waals surface area contributed by atoms with E-state index in [1.807, 2.05) is 0 Å². The Labute approximate surface area is 232 Å². The summed E-state index contributed by atoms with van der Waals surface area (Å²) in [6, 6.07) is 13.2. The van der Waals surface area contributed by atoms with E-state index in [0.29, 0.717) is 23.2 Å². The van der Waals surface area contributed by atoms with Gasteiger partial charge in [0.15, 0.2) is 12.3 Å². The molecule has 5 unspecified atom stereocenters. The second kappa shape index (κ2) is 11.4. The fraction of sp³-hybridized carbons (Fsp3) is 0.452. The number of ether oxygens (including phenoxy) is 4. The van der Waals surface area contributed by atoms with Crippen LogP contribution in [-0.2, 0) is 39.8 Å². The van der Waals surface area contributed by atoms with Crippen molar-refractivity contribution in [2.24, 2.45) is 5.92 Å². The van der Waals surface area contributed by atoms with Crippen LogP contribution < -0.4 is 0 Å². The fourth-order valence-corrected chi connectivity index (χ4v) is 5.59. The molecule has 2 heterocycles. The van der Waals surface area contributed by atoms with Gasteiger partial charge in [0.1, 0.15) is 24.6 Å². The first-order valence-corrected chi connectivity index (χ1v) is 13.6. The molecule has 1 saturated carbocycles. The van der Waals surface area contributed by atoms with Crippen LogP contribution in [0.4, 0.5) is 4.39 Å². The first-order valence-electron chi connectivity index (χ1n) is 13.6. The first kappa shape index (κ1) is 27.8. The van der Waals surface area contributed by atoms with Crippen molar-refractivity contribution < 1.29 is 37.7 Å². The number of benzene rings is 2. The molecule has 1 aliphatic heterocycles. The van der Waals surface area contributed by atoms with Crippen LogP contribution >= 0.6 is 0 Å². The SMILES string of the molecule is CC(=O)OCC1OC(n2cc(Cc3ccc(C4CC4)cc3)c3c(F)cccc32)C(OC(C)=O)C(OC(C)=O)C1C. The van der Waals surface area contributed by atoms with Crippen molar-refractivity contribution in [1.29, 1.82) is 0 Å². The second-order valence-corrected chi connectivity index (χ2v) is 10.8. The maximum absolute atomic E-state index is 15.3. The van der Waals surface area contributed by atoms with E-state index >= 15 is 4.39 Å². The van der Waals surface area contributed by atoms with Crippen LogP contribution in [0.15, 0.2) is 48.7 Å². The summed E-state index contributed by atoms with van der Waals surface area (Å²) in [5, 5.41) is 0.429. The number of hydrogen-bond donors (Lipinski definition) is 0. The maximum Gasteiger partial charge on any atom is 0.303 e. The molecule has 0 N–H and O–H groups in total. The number of esters is 3. The van der Waals surface area contributed by atoms with Gasteiger partial charge >= 0.3 is 17.9 Å². The lowest BCUT2D eigenvalue weighted by Crippen LogP contribution is -2.55. The number of aromatic nitrogens is 1. The minimum Gasteiger partial charge on any atom is -0.463 e. The molecular formula is C31H34FNO7. The van der Waals surface area contributed by atoms with Crippen molar-refractivity contribution >= 4 is 28.8 Å². The number of carbonyl (C=O) groups excluding carboxylic acids is 3. The van der Waals surface area contributed by atoms with E-state index in [-0.39, 0.29) is 12.4 Å². The van der Waals surface area contributed by atoms with Gasteiger partial charge in [-0.2, -0.15) is 0 Å². The molecule has 212 valence electrons. The zero-order chi connectivity index (χ0) is 28.6. The first-order chi connectivity index (χ1) is 19.1. The van der Waals surface area contributed by atoms with Gasteiger partial charge in [-0.1, -0.05) is 37.3 Å². The third kappa shape index (κ3) is 5.89. The molecule has 0 spiro atoms. The van der Waals surface area contributed by atoms with E-state index < -0.39 is 48.4 Å². The summed E-state index contributed by atoms with van der Waals surface area (Å²) in [6.45, 7) is 5.52. The van der Waals surface area contributed by atoms with Gasteiger partial charge in [-0.15, -0.1) is 0 Å². The Balaban J connectivity index is 1.57. The highest BCUT2D eigenvalue weighted by molar-refractivity contribution is 5.85. The molecule has 2 fully saturated rings. The Bertz CT molecular complexity index is 1410. The molecule has 1 aliphatic carbocycles. The summed E-state index contributed by atoms with van der Waals surface area (Å²) in [6.07, 6.45) is 1.10. The summed E-state index contributed by atoms with van der Waals surface area (Å²) in [5.41, 5.74) is 3.62. The summed E-state index contributed by atoms with van der Waals surface area (Å²) in [5.74, 6) is -1.85. The molecule has 0 radical (unpaired) electrons. The zero-order valence-corrected chi connectivity index (χ0v) is 23.1. The van der Waals surface area contributed by atoms with Gasteiger partial charge in [0.25, 0.3) is 0 Å². The number of fused-ring (bicyclic) bond motifs is 1. The fourth-order valence-electron chi connectivity index (χ4n) is 5.59. The molecule has 1 aromatic heterocycles. The van der Waals surface area contributed by atoms with E-state index in [1.54, 1.807) is 29.8 Å². The van der Waals surface area contributed by atoms with Crippen molar-refractivity contribution in [2.75, 3.05) is 6.61 Å². The van der Waals surface area contributed by atoms with Crippen LogP contribution in [0.25, 0.3) is 10.9 Å². The molecule has 2 aromatic carbocycles. The van der Waals surface area contributed by atoms with Crippen LogP contribution in [0.3, 0.4) is 0 Å². The number of hydrogen-bond acceptors (Lipinski definition) is 7. The van der Waals surface area contributed by atoms with Crippen LogP contribution in [-0.4, -0.2) is 47.4 Å². The monoisotopic (exact) mass is 551 g/mol. The minimum atomic E-state index is -1.03. The van der Waals surface area contributed by atoms with Gasteiger partial charge in [-0.05, 0) is 54.0 Å². The average molecular weight is 552 g/mol. The summed E-state index contributed by atoms with van der Waals surface area (Å²) in [4.78, 5) is 35.9. The predicted molar refractivity (Wildman–Crippen MR) is 144 cm³/mol. The van der Waals surface area contributed by atoms with Crippen LogP contribution in [0.2, 0.25) is 0 Å². The average Bonchev–Trinajstić information content (AvgIpc) is 3.68. The van der Waals surface area contributed by atoms with Crippen molar-refractivity contribution in [3.8, 4) is 0 Å². The maximum atomic E-state index is 15.3. The molecule has 40 heavy (non-hydrogen) atoms. The van der Waals surface area contributed by atoms with Gasteiger partial charge in [-0.25, -0.2) is 4.39 Å².